The number of nitrogens with one attached hydrogen (secondary N) is 3. The van der Waals surface area contributed by atoms with Crippen molar-refractivity contribution in [3.63, 3.8) is 0 Å². The number of benzene rings is 2. The highest BCUT2D eigenvalue weighted by Gasteiger charge is 2.30. The lowest BCUT2D eigenvalue weighted by molar-refractivity contribution is -0.120. The van der Waals surface area contributed by atoms with Gasteiger partial charge in [0.25, 0.3) is 5.91 Å². The van der Waals surface area contributed by atoms with Crippen molar-refractivity contribution in [1.29, 1.82) is 0 Å². The highest BCUT2D eigenvalue weighted by molar-refractivity contribution is 6.09. The topological polar surface area (TPSA) is 126 Å². The Morgan fingerprint density at radius 3 is 2.15 bits per heavy atom. The van der Waals surface area contributed by atoms with Gasteiger partial charge in [0, 0.05) is 35.6 Å². The molecule has 10 nitrogen and oxygen atoms in total. The molecule has 10 heteroatoms. The maximum absolute atomic E-state index is 13.3. The first-order valence-electron chi connectivity index (χ1n) is 10.6. The van der Waals surface area contributed by atoms with E-state index in [4.69, 9.17) is 4.74 Å². The average Bonchev–Trinajstić information content (AvgIpc) is 2.78. The Balaban J connectivity index is 1.97. The number of ether oxygens (including phenoxy) is 2. The Hall–Kier alpha value is -4.08. The predicted octanol–water partition coefficient (Wildman–Crippen LogP) is 3.87. The number of imide groups is 1. The van der Waals surface area contributed by atoms with E-state index in [0.717, 1.165) is 5.56 Å². The minimum absolute atomic E-state index is 0.163. The molecule has 5 amide bonds. The van der Waals surface area contributed by atoms with Crippen molar-refractivity contribution < 1.29 is 28.7 Å². The van der Waals surface area contributed by atoms with Crippen LogP contribution in [0.4, 0.5) is 26.7 Å². The van der Waals surface area contributed by atoms with Crippen LogP contribution in [0.5, 0.6) is 5.75 Å². The van der Waals surface area contributed by atoms with Gasteiger partial charge in [-0.1, -0.05) is 20.8 Å². The third-order valence-corrected chi connectivity index (χ3v) is 5.27. The number of amides is 5. The molecule has 0 bridgehead atoms. The zero-order valence-electron chi connectivity index (χ0n) is 19.8. The summed E-state index contributed by atoms with van der Waals surface area (Å²) in [5, 5.41) is 7.66. The van der Waals surface area contributed by atoms with Crippen LogP contribution in [0.25, 0.3) is 0 Å². The van der Waals surface area contributed by atoms with Crippen LogP contribution in [0.15, 0.2) is 36.4 Å². The second-order valence-corrected chi connectivity index (χ2v) is 8.73. The van der Waals surface area contributed by atoms with Gasteiger partial charge in [0.1, 0.15) is 5.75 Å². The van der Waals surface area contributed by atoms with E-state index in [2.05, 4.69) is 20.7 Å². The number of hydrogen-bond donors (Lipinski definition) is 3. The van der Waals surface area contributed by atoms with Crippen LogP contribution in [-0.4, -0.2) is 44.7 Å². The van der Waals surface area contributed by atoms with Gasteiger partial charge in [-0.15, -0.1) is 0 Å². The van der Waals surface area contributed by atoms with Crippen LogP contribution in [-0.2, 0) is 14.9 Å². The minimum Gasteiger partial charge on any atom is -0.496 e. The fourth-order valence-electron chi connectivity index (χ4n) is 3.53. The van der Waals surface area contributed by atoms with E-state index in [1.54, 1.807) is 36.4 Å². The van der Waals surface area contributed by atoms with Crippen LogP contribution < -0.4 is 25.6 Å². The molecule has 1 aliphatic heterocycles. The predicted molar refractivity (Wildman–Crippen MR) is 128 cm³/mol. The monoisotopic (exact) mass is 468 g/mol. The van der Waals surface area contributed by atoms with Crippen LogP contribution in [0.2, 0.25) is 0 Å². The molecule has 1 heterocycles. The van der Waals surface area contributed by atoms with Crippen molar-refractivity contribution in [2.45, 2.75) is 32.6 Å². The summed E-state index contributed by atoms with van der Waals surface area (Å²) in [7, 11) is 2.75. The zero-order chi connectivity index (χ0) is 25.0. The lowest BCUT2D eigenvalue weighted by Crippen LogP contribution is -2.49. The van der Waals surface area contributed by atoms with Crippen molar-refractivity contribution in [1.82, 2.24) is 5.32 Å². The number of rotatable bonds is 5. The summed E-state index contributed by atoms with van der Waals surface area (Å²) >= 11 is 0. The number of methoxy groups -OCH3 is 2. The van der Waals surface area contributed by atoms with Gasteiger partial charge >= 0.3 is 12.1 Å². The molecule has 1 fully saturated rings. The van der Waals surface area contributed by atoms with Crippen LogP contribution >= 0.6 is 0 Å². The molecule has 2 aromatic rings. The van der Waals surface area contributed by atoms with E-state index in [-0.39, 0.29) is 24.4 Å². The molecule has 1 saturated heterocycles. The Labute approximate surface area is 197 Å². The van der Waals surface area contributed by atoms with Gasteiger partial charge in [0.05, 0.1) is 19.8 Å². The van der Waals surface area contributed by atoms with Crippen molar-refractivity contribution in [3.8, 4) is 5.75 Å². The molecule has 0 aliphatic carbocycles. The molecule has 0 spiro atoms. The first-order chi connectivity index (χ1) is 16.0. The molecule has 2 aromatic carbocycles. The lowest BCUT2D eigenvalue weighted by Gasteiger charge is -2.30. The van der Waals surface area contributed by atoms with Crippen LogP contribution in [0.3, 0.4) is 0 Å². The van der Waals surface area contributed by atoms with E-state index in [1.165, 1.54) is 19.1 Å². The van der Waals surface area contributed by atoms with Crippen molar-refractivity contribution >= 4 is 41.0 Å². The molecule has 3 N–H and O–H groups in total. The van der Waals surface area contributed by atoms with Gasteiger partial charge in [-0.3, -0.25) is 25.1 Å². The molecule has 0 saturated carbocycles. The quantitative estimate of drug-likeness (QED) is 0.612. The van der Waals surface area contributed by atoms with Crippen LogP contribution in [0, 0.1) is 0 Å². The van der Waals surface area contributed by atoms with Gasteiger partial charge in [0.15, 0.2) is 0 Å². The van der Waals surface area contributed by atoms with Crippen molar-refractivity contribution in [3.05, 3.63) is 47.5 Å². The molecule has 0 aromatic heterocycles. The highest BCUT2D eigenvalue weighted by Crippen LogP contribution is 2.38. The Bertz CT molecular complexity index is 1120. The lowest BCUT2D eigenvalue weighted by atomic mass is 9.84. The average molecular weight is 469 g/mol. The molecule has 34 heavy (non-hydrogen) atoms. The molecule has 180 valence electrons. The van der Waals surface area contributed by atoms with E-state index >= 15 is 0 Å². The molecule has 3 rings (SSSR count). The number of urea groups is 1. The number of hydrogen-bond acceptors (Lipinski definition) is 6. The second-order valence-electron chi connectivity index (χ2n) is 8.73. The van der Waals surface area contributed by atoms with Crippen LogP contribution in [0.1, 0.15) is 43.1 Å². The Kier molecular flexibility index (Phi) is 7.09. The molecule has 0 atom stereocenters. The largest absolute Gasteiger partial charge is 0.496 e. The zero-order valence-corrected chi connectivity index (χ0v) is 19.8. The third kappa shape index (κ3) is 5.45. The maximum atomic E-state index is 13.3. The van der Waals surface area contributed by atoms with Gasteiger partial charge in [-0.25, -0.2) is 9.59 Å². The van der Waals surface area contributed by atoms with Gasteiger partial charge in [-0.2, -0.15) is 0 Å². The first-order valence-corrected chi connectivity index (χ1v) is 10.6. The highest BCUT2D eigenvalue weighted by atomic mass is 16.5. The summed E-state index contributed by atoms with van der Waals surface area (Å²) in [4.78, 5) is 50.1. The third-order valence-electron chi connectivity index (χ3n) is 5.27. The smallest absolute Gasteiger partial charge is 0.411 e. The number of nitrogens with zero attached hydrogens (tertiary/aromatic N) is 1. The summed E-state index contributed by atoms with van der Waals surface area (Å²) in [5.74, 6) is -0.383. The summed E-state index contributed by atoms with van der Waals surface area (Å²) in [6.07, 6.45) is -0.438. The van der Waals surface area contributed by atoms with E-state index in [0.29, 0.717) is 22.8 Å². The second kappa shape index (κ2) is 9.82. The summed E-state index contributed by atoms with van der Waals surface area (Å²) in [5.41, 5.74) is 2.06. The Morgan fingerprint density at radius 1 is 1.00 bits per heavy atom. The fourth-order valence-corrected chi connectivity index (χ4v) is 3.53. The standard InChI is InChI=1S/C24H28N4O6/c1-24(2,3)18-13-16(28-11-10-19(29)27-22(28)31)12-17(20(18)33-4)21(30)25-14-6-8-15(9-7-14)26-23(32)34-5/h6-9,12-13H,10-11H2,1-5H3,(H,25,30)(H,26,32)(H,27,29,31). The van der Waals surface area contributed by atoms with E-state index in [1.807, 2.05) is 20.8 Å². The van der Waals surface area contributed by atoms with Gasteiger partial charge in [-0.05, 0) is 41.8 Å². The maximum Gasteiger partial charge on any atom is 0.411 e. The summed E-state index contributed by atoms with van der Waals surface area (Å²) in [6.45, 7) is 6.13. The SMILES string of the molecule is COC(=O)Nc1ccc(NC(=O)c2cc(N3CCC(=O)NC3=O)cc(C(C)(C)C)c2OC)cc1. The fraction of sp³-hybridized carbons (Fsp3) is 0.333. The first kappa shape index (κ1) is 24.6. The molecule has 0 radical (unpaired) electrons. The normalized spacial score (nSPS) is 13.7. The molecule has 0 unspecified atom stereocenters. The van der Waals surface area contributed by atoms with E-state index in [9.17, 15) is 19.2 Å². The number of carbonyl (C=O) groups is 4. The van der Waals surface area contributed by atoms with Gasteiger partial charge < -0.3 is 14.8 Å². The number of carbonyl (C=O) groups excluding carboxylic acids is 4. The Morgan fingerprint density at radius 2 is 1.62 bits per heavy atom. The summed E-state index contributed by atoms with van der Waals surface area (Å²) < 4.78 is 10.2. The van der Waals surface area contributed by atoms with Crippen molar-refractivity contribution in [2.24, 2.45) is 0 Å². The molecular formula is C24H28N4O6. The molecule has 1 aliphatic rings. The van der Waals surface area contributed by atoms with Crippen molar-refractivity contribution in [2.75, 3.05) is 36.3 Å². The summed E-state index contributed by atoms with van der Waals surface area (Å²) in [6, 6.07) is 9.35. The minimum atomic E-state index is -0.600. The molecular weight excluding hydrogens is 440 g/mol. The van der Waals surface area contributed by atoms with E-state index < -0.39 is 23.4 Å². The van der Waals surface area contributed by atoms with Gasteiger partial charge in [0.2, 0.25) is 5.91 Å². The number of anilines is 3.